The Hall–Kier alpha value is -2.84. The number of likely N-dealkylation sites (tertiary alicyclic amines) is 1. The minimum atomic E-state index is -2.17. The quantitative estimate of drug-likeness (QED) is 0.668. The summed E-state index contributed by atoms with van der Waals surface area (Å²) < 4.78 is 6.85. The molecule has 1 aliphatic rings. The van der Waals surface area contributed by atoms with Crippen molar-refractivity contribution in [1.82, 2.24) is 9.88 Å². The predicted octanol–water partition coefficient (Wildman–Crippen LogP) is 3.87. The van der Waals surface area contributed by atoms with E-state index in [2.05, 4.69) is 10.3 Å². The molecule has 0 bridgehead atoms. The molecule has 0 aliphatic carbocycles. The first-order chi connectivity index (χ1) is 14.8. The van der Waals surface area contributed by atoms with Gasteiger partial charge in [0, 0.05) is 0 Å². The van der Waals surface area contributed by atoms with Gasteiger partial charge < -0.3 is 0 Å². The Balaban J connectivity index is 1.72. The van der Waals surface area contributed by atoms with Gasteiger partial charge in [-0.25, -0.2) is 0 Å². The fourth-order valence-electron chi connectivity index (χ4n) is 3.43. The molecule has 8 heteroatoms. The van der Waals surface area contributed by atoms with Crippen LogP contribution in [0.4, 0.5) is 15.3 Å². The van der Waals surface area contributed by atoms with Crippen LogP contribution >= 0.6 is 0 Å². The molecule has 0 radical (unpaired) electrons. The van der Waals surface area contributed by atoms with Gasteiger partial charge in [-0.05, 0) is 0 Å². The van der Waals surface area contributed by atoms with Crippen molar-refractivity contribution in [3.05, 3.63) is 54.4 Å². The summed E-state index contributed by atoms with van der Waals surface area (Å²) in [5.74, 6) is 0. The Morgan fingerprint density at radius 2 is 1.84 bits per heavy atom. The maximum atomic E-state index is 13.3. The number of aromatic nitrogens is 1. The number of ether oxygens (including phenoxy) is 1. The van der Waals surface area contributed by atoms with Gasteiger partial charge in [-0.3, -0.25) is 0 Å². The van der Waals surface area contributed by atoms with E-state index in [1.54, 1.807) is 17.0 Å². The van der Waals surface area contributed by atoms with Crippen LogP contribution in [0.1, 0.15) is 39.3 Å². The standard InChI is InChI=1S/C23H27AsN4O3/c1-23(2,3)31-22(30)28-13-11-18(12-14-28)24(17-7-5-4-6-8-17)21(29)27-20-10-9-19(15-25)26-16-20/h4-10,16,18H,11-14H2,1-3H3,(H,27,29). The van der Waals surface area contributed by atoms with Gasteiger partial charge >= 0.3 is 188 Å². The molecule has 7 nitrogen and oxygen atoms in total. The van der Waals surface area contributed by atoms with Gasteiger partial charge in [0.05, 0.1) is 0 Å². The van der Waals surface area contributed by atoms with E-state index in [1.165, 1.54) is 6.20 Å². The first-order valence-corrected chi connectivity index (χ1v) is 13.2. The number of rotatable bonds is 4. The third-order valence-electron chi connectivity index (χ3n) is 4.86. The number of anilines is 1. The van der Waals surface area contributed by atoms with E-state index < -0.39 is 20.3 Å². The number of pyridine rings is 1. The van der Waals surface area contributed by atoms with Gasteiger partial charge in [0.15, 0.2) is 0 Å². The van der Waals surface area contributed by atoms with Crippen LogP contribution < -0.4 is 9.67 Å². The summed E-state index contributed by atoms with van der Waals surface area (Å²) in [6, 6.07) is 15.2. The van der Waals surface area contributed by atoms with Crippen LogP contribution in [0.3, 0.4) is 0 Å². The average molecular weight is 482 g/mol. The molecule has 2 heterocycles. The van der Waals surface area contributed by atoms with Crippen molar-refractivity contribution < 1.29 is 14.3 Å². The van der Waals surface area contributed by atoms with Gasteiger partial charge in [0.25, 0.3) is 0 Å². The molecule has 162 valence electrons. The topological polar surface area (TPSA) is 95.3 Å². The van der Waals surface area contributed by atoms with Crippen molar-refractivity contribution in [2.75, 3.05) is 18.4 Å². The van der Waals surface area contributed by atoms with E-state index in [0.717, 1.165) is 17.2 Å². The molecule has 3 rings (SSSR count). The van der Waals surface area contributed by atoms with Crippen LogP contribution in [0.15, 0.2) is 48.7 Å². The molecule has 2 aromatic rings. The first-order valence-electron chi connectivity index (χ1n) is 10.3. The Morgan fingerprint density at radius 3 is 2.39 bits per heavy atom. The summed E-state index contributed by atoms with van der Waals surface area (Å²) in [7, 11) is 0. The molecule has 0 saturated carbocycles. The average Bonchev–Trinajstić information content (AvgIpc) is 2.74. The van der Waals surface area contributed by atoms with Crippen molar-refractivity contribution in [3.8, 4) is 6.07 Å². The zero-order chi connectivity index (χ0) is 22.4. The molecule has 1 aliphatic heterocycles. The Bertz CT molecular complexity index is 944. The van der Waals surface area contributed by atoms with Gasteiger partial charge in [-0.15, -0.1) is 0 Å². The fraction of sp³-hybridized carbons (Fsp3) is 0.391. The van der Waals surface area contributed by atoms with Crippen molar-refractivity contribution in [2.45, 2.75) is 43.9 Å². The summed E-state index contributed by atoms with van der Waals surface area (Å²) in [6.45, 7) is 6.75. The second-order valence-corrected chi connectivity index (χ2v) is 13.4. The normalized spacial score (nSPS) is 15.6. The van der Waals surface area contributed by atoms with Crippen molar-refractivity contribution >= 4 is 35.5 Å². The number of benzene rings is 1. The Kier molecular flexibility index (Phi) is 7.35. The minimum absolute atomic E-state index is 0.0286. The van der Waals surface area contributed by atoms with Gasteiger partial charge in [-0.1, -0.05) is 0 Å². The van der Waals surface area contributed by atoms with Gasteiger partial charge in [-0.2, -0.15) is 0 Å². The predicted molar refractivity (Wildman–Crippen MR) is 121 cm³/mol. The Labute approximate surface area is 187 Å². The molecule has 1 saturated heterocycles. The second-order valence-electron chi connectivity index (χ2n) is 8.38. The van der Waals surface area contributed by atoms with Crippen LogP contribution in [0, 0.1) is 11.3 Å². The van der Waals surface area contributed by atoms with Gasteiger partial charge in [0.2, 0.25) is 0 Å². The molecule has 2 amide bonds. The number of nitriles is 1. The maximum absolute atomic E-state index is 13.3. The van der Waals surface area contributed by atoms with Crippen LogP contribution in [0.2, 0.25) is 4.71 Å². The third-order valence-corrected chi connectivity index (χ3v) is 10.4. The molecule has 0 spiro atoms. The number of nitrogens with one attached hydrogen (secondary N) is 1. The monoisotopic (exact) mass is 482 g/mol. The van der Waals surface area contributed by atoms with E-state index in [0.29, 0.717) is 24.5 Å². The molecule has 1 fully saturated rings. The number of carbonyl (C=O) groups is 2. The van der Waals surface area contributed by atoms with Crippen LogP contribution in [-0.2, 0) is 4.74 Å². The third kappa shape index (κ3) is 6.32. The van der Waals surface area contributed by atoms with Crippen molar-refractivity contribution in [3.63, 3.8) is 0 Å². The van der Waals surface area contributed by atoms with E-state index in [1.807, 2.05) is 57.2 Å². The molecule has 1 unspecified atom stereocenters. The molecular weight excluding hydrogens is 455 g/mol. The number of piperidine rings is 1. The number of amides is 2. The first kappa shape index (κ1) is 22.8. The van der Waals surface area contributed by atoms with Crippen molar-refractivity contribution in [1.29, 1.82) is 5.26 Å². The zero-order valence-corrected chi connectivity index (χ0v) is 19.9. The number of hydrogen-bond donors (Lipinski definition) is 1. The second kappa shape index (κ2) is 9.98. The van der Waals surface area contributed by atoms with Gasteiger partial charge in [0.1, 0.15) is 0 Å². The van der Waals surface area contributed by atoms with Crippen molar-refractivity contribution in [2.24, 2.45) is 0 Å². The van der Waals surface area contributed by atoms with E-state index in [9.17, 15) is 9.59 Å². The number of hydrogen-bond acceptors (Lipinski definition) is 5. The summed E-state index contributed by atoms with van der Waals surface area (Å²) in [5.41, 5.74) is 0.375. The van der Waals surface area contributed by atoms with E-state index in [-0.39, 0.29) is 15.5 Å². The summed E-state index contributed by atoms with van der Waals surface area (Å²) >= 11 is -2.17. The fourth-order valence-corrected chi connectivity index (χ4v) is 8.63. The molecule has 1 aromatic heterocycles. The summed E-state index contributed by atoms with van der Waals surface area (Å²) in [5, 5.41) is 11.9. The van der Waals surface area contributed by atoms with Crippen LogP contribution in [-0.4, -0.2) is 54.0 Å². The summed E-state index contributed by atoms with van der Waals surface area (Å²) in [6.07, 6.45) is 2.76. The van der Waals surface area contributed by atoms with E-state index in [4.69, 9.17) is 10.00 Å². The zero-order valence-electron chi connectivity index (χ0n) is 18.0. The summed E-state index contributed by atoms with van der Waals surface area (Å²) in [4.78, 5) is 31.5. The van der Waals surface area contributed by atoms with Crippen LogP contribution in [0.5, 0.6) is 0 Å². The SMILES string of the molecule is CC(C)(C)OC(=O)N1CCC([As](C(=O)Nc2ccc(C#N)nc2)c2ccccc2)CC1. The van der Waals surface area contributed by atoms with Crippen LogP contribution in [0.25, 0.3) is 0 Å². The number of carbonyl (C=O) groups excluding carboxylic acids is 2. The number of nitrogens with zero attached hydrogens (tertiary/aromatic N) is 3. The molecule has 1 atom stereocenters. The molecule has 1 N–H and O–H groups in total. The molecular formula is C23H27AsN4O3. The Morgan fingerprint density at radius 1 is 1.16 bits per heavy atom. The molecule has 1 aromatic carbocycles. The van der Waals surface area contributed by atoms with E-state index >= 15 is 0 Å². The molecule has 31 heavy (non-hydrogen) atoms.